The highest BCUT2D eigenvalue weighted by Crippen LogP contribution is 2.38. The number of aliphatic hydroxyl groups is 1. The molecule has 0 fully saturated rings. The van der Waals surface area contributed by atoms with Gasteiger partial charge in [0.15, 0.2) is 0 Å². The molecule has 0 spiro atoms. The number of hydrogen-bond acceptors (Lipinski definition) is 4. The number of cyclic esters (lactones) is 1. The van der Waals surface area contributed by atoms with Gasteiger partial charge in [-0.05, 0) is 23.2 Å². The maximum Gasteiger partial charge on any atom is 0.337 e. The van der Waals surface area contributed by atoms with Crippen LogP contribution in [0.3, 0.4) is 0 Å². The van der Waals surface area contributed by atoms with Crippen LogP contribution in [0.2, 0.25) is 0 Å². The summed E-state index contributed by atoms with van der Waals surface area (Å²) in [6, 6.07) is 5.23. The molecule has 0 amide bonds. The zero-order valence-corrected chi connectivity index (χ0v) is 10.00. The highest BCUT2D eigenvalue weighted by Gasteiger charge is 2.42. The molecule has 6 nitrogen and oxygen atoms in total. The van der Waals surface area contributed by atoms with E-state index in [1.807, 2.05) is 0 Å². The molecule has 1 aromatic rings. The topological polar surface area (TPSA) is 95.3 Å². The molecule has 19 heavy (non-hydrogen) atoms. The van der Waals surface area contributed by atoms with Crippen molar-refractivity contribution in [3.05, 3.63) is 51.7 Å². The van der Waals surface area contributed by atoms with Crippen LogP contribution < -0.4 is 0 Å². The van der Waals surface area contributed by atoms with Gasteiger partial charge in [0, 0.05) is 17.4 Å². The van der Waals surface area contributed by atoms with Crippen molar-refractivity contribution in [2.24, 2.45) is 5.11 Å². The lowest BCUT2D eigenvalue weighted by atomic mass is 9.95. The van der Waals surface area contributed by atoms with Gasteiger partial charge < -0.3 is 9.84 Å². The number of azide groups is 1. The van der Waals surface area contributed by atoms with Gasteiger partial charge in [-0.15, -0.1) is 0 Å². The van der Waals surface area contributed by atoms with Gasteiger partial charge in [0.1, 0.15) is 5.82 Å². The molecular weight excluding hydrogens is 253 g/mol. The van der Waals surface area contributed by atoms with Crippen molar-refractivity contribution in [3.63, 3.8) is 0 Å². The smallest absolute Gasteiger partial charge is 0.337 e. The first-order valence-electron chi connectivity index (χ1n) is 5.42. The fourth-order valence-corrected chi connectivity index (χ4v) is 1.98. The molecule has 1 atom stereocenters. The third kappa shape index (κ3) is 2.42. The Morgan fingerprint density at radius 3 is 2.68 bits per heavy atom. The van der Waals surface area contributed by atoms with E-state index in [0.29, 0.717) is 5.56 Å². The molecule has 1 aromatic carbocycles. The summed E-state index contributed by atoms with van der Waals surface area (Å²) in [7, 11) is 0. The van der Waals surface area contributed by atoms with Gasteiger partial charge in [0.2, 0.25) is 5.79 Å². The van der Waals surface area contributed by atoms with Gasteiger partial charge in [-0.3, -0.25) is 0 Å². The molecule has 2 rings (SSSR count). The van der Waals surface area contributed by atoms with E-state index in [4.69, 9.17) is 10.3 Å². The van der Waals surface area contributed by atoms with Crippen molar-refractivity contribution in [3.8, 4) is 0 Å². The first kappa shape index (κ1) is 13.1. The van der Waals surface area contributed by atoms with Crippen molar-refractivity contribution in [2.75, 3.05) is 6.54 Å². The lowest BCUT2D eigenvalue weighted by molar-refractivity contribution is -0.170. The molecule has 1 aliphatic heterocycles. The van der Waals surface area contributed by atoms with Gasteiger partial charge in [-0.25, -0.2) is 9.18 Å². The van der Waals surface area contributed by atoms with E-state index in [1.54, 1.807) is 0 Å². The van der Waals surface area contributed by atoms with E-state index >= 15 is 0 Å². The number of nitrogens with zero attached hydrogens (tertiary/aromatic N) is 3. The minimum Gasteiger partial charge on any atom is -0.426 e. The number of rotatable bonds is 3. The molecule has 1 N–H and O–H groups in total. The van der Waals surface area contributed by atoms with Crippen LogP contribution in [0, 0.1) is 5.82 Å². The van der Waals surface area contributed by atoms with Crippen molar-refractivity contribution >= 4 is 11.5 Å². The number of carbonyl (C=O) groups is 1. The first-order chi connectivity index (χ1) is 8.95. The van der Waals surface area contributed by atoms with E-state index in [1.165, 1.54) is 31.2 Å². The quantitative estimate of drug-likeness (QED) is 0.391. The molecule has 1 unspecified atom stereocenters. The summed E-state index contributed by atoms with van der Waals surface area (Å²) >= 11 is 0. The van der Waals surface area contributed by atoms with Crippen molar-refractivity contribution in [2.45, 2.75) is 12.7 Å². The average Bonchev–Trinajstić information content (AvgIpc) is 2.57. The second-order valence-corrected chi connectivity index (χ2v) is 4.12. The molecule has 0 aliphatic carbocycles. The number of carbonyl (C=O) groups excluding carboxylic acids is 1. The Morgan fingerprint density at radius 1 is 1.47 bits per heavy atom. The number of hydrogen-bond donors (Lipinski definition) is 1. The number of esters is 1. The standard InChI is InChI=1S/C12H10FN3O3/c1-12(18)10(7-2-4-8(13)5-3-7)9(6-15-16-14)11(17)19-12/h2-5,18H,6H2,1H3. The van der Waals surface area contributed by atoms with Crippen LogP contribution in [-0.4, -0.2) is 23.4 Å². The third-order valence-corrected chi connectivity index (χ3v) is 2.73. The fraction of sp³-hybridized carbons (Fsp3) is 0.250. The van der Waals surface area contributed by atoms with Crippen molar-refractivity contribution in [1.82, 2.24) is 0 Å². The van der Waals surface area contributed by atoms with E-state index in [2.05, 4.69) is 10.0 Å². The molecule has 7 heteroatoms. The van der Waals surface area contributed by atoms with E-state index < -0.39 is 17.6 Å². The predicted molar refractivity (Wildman–Crippen MR) is 64.0 cm³/mol. The number of ether oxygens (including phenoxy) is 1. The maximum atomic E-state index is 12.9. The second-order valence-electron chi connectivity index (χ2n) is 4.12. The van der Waals surface area contributed by atoms with E-state index in [9.17, 15) is 14.3 Å². The molecule has 0 saturated carbocycles. The third-order valence-electron chi connectivity index (χ3n) is 2.73. The van der Waals surface area contributed by atoms with E-state index in [0.717, 1.165) is 0 Å². The Bertz CT molecular complexity index is 601. The molecular formula is C12H10FN3O3. The van der Waals surface area contributed by atoms with E-state index in [-0.39, 0.29) is 17.7 Å². The lowest BCUT2D eigenvalue weighted by Gasteiger charge is -2.19. The molecule has 0 bridgehead atoms. The normalized spacial score (nSPS) is 22.2. The summed E-state index contributed by atoms with van der Waals surface area (Å²) < 4.78 is 17.7. The SMILES string of the molecule is CC1(O)OC(=O)C(CN=[N+]=[N-])=C1c1ccc(F)cc1. The predicted octanol–water partition coefficient (Wildman–Crippen LogP) is 2.15. The van der Waals surface area contributed by atoms with Gasteiger partial charge in [-0.1, -0.05) is 17.2 Å². The van der Waals surface area contributed by atoms with Crippen molar-refractivity contribution < 1.29 is 19.0 Å². The lowest BCUT2D eigenvalue weighted by Crippen LogP contribution is -2.26. The Hall–Kier alpha value is -2.37. The molecule has 0 aromatic heterocycles. The Labute approximate surface area is 107 Å². The highest BCUT2D eigenvalue weighted by atomic mass is 19.1. The zero-order chi connectivity index (χ0) is 14.0. The highest BCUT2D eigenvalue weighted by molar-refractivity contribution is 6.04. The Balaban J connectivity index is 2.56. The van der Waals surface area contributed by atoms with Crippen LogP contribution in [-0.2, 0) is 9.53 Å². The minimum absolute atomic E-state index is 0.0643. The summed E-state index contributed by atoms with van der Waals surface area (Å²) in [4.78, 5) is 14.2. The summed E-state index contributed by atoms with van der Waals surface area (Å²) in [6.45, 7) is 1.06. The molecule has 0 radical (unpaired) electrons. The van der Waals surface area contributed by atoms with Gasteiger partial charge in [0.05, 0.1) is 12.1 Å². The molecule has 1 heterocycles. The fourth-order valence-electron chi connectivity index (χ4n) is 1.98. The van der Waals surface area contributed by atoms with Crippen LogP contribution >= 0.6 is 0 Å². The Kier molecular flexibility index (Phi) is 3.25. The minimum atomic E-state index is -1.82. The van der Waals surface area contributed by atoms with Gasteiger partial charge >= 0.3 is 5.97 Å². The van der Waals surface area contributed by atoms with Gasteiger partial charge in [0.25, 0.3) is 0 Å². The van der Waals surface area contributed by atoms with Crippen LogP contribution in [0.1, 0.15) is 12.5 Å². The summed E-state index contributed by atoms with van der Waals surface area (Å²) in [5.41, 5.74) is 8.99. The van der Waals surface area contributed by atoms with Gasteiger partial charge in [-0.2, -0.15) is 0 Å². The maximum absolute atomic E-state index is 12.9. The van der Waals surface area contributed by atoms with Crippen LogP contribution in [0.15, 0.2) is 35.0 Å². The van der Waals surface area contributed by atoms with Crippen LogP contribution in [0.25, 0.3) is 16.0 Å². The Morgan fingerprint density at radius 2 is 2.11 bits per heavy atom. The second kappa shape index (κ2) is 4.72. The first-order valence-corrected chi connectivity index (χ1v) is 5.42. The summed E-state index contributed by atoms with van der Waals surface area (Å²) in [5.74, 6) is -3.02. The van der Waals surface area contributed by atoms with Crippen molar-refractivity contribution in [1.29, 1.82) is 0 Å². The van der Waals surface area contributed by atoms with Crippen LogP contribution in [0.4, 0.5) is 4.39 Å². The molecule has 98 valence electrons. The average molecular weight is 263 g/mol. The monoisotopic (exact) mass is 263 g/mol. The zero-order valence-electron chi connectivity index (χ0n) is 10.00. The number of benzene rings is 1. The molecule has 1 aliphatic rings. The summed E-state index contributed by atoms with van der Waals surface area (Å²) in [6.07, 6.45) is 0. The van der Waals surface area contributed by atoms with Crippen LogP contribution in [0.5, 0.6) is 0 Å². The molecule has 0 saturated heterocycles. The summed E-state index contributed by atoms with van der Waals surface area (Å²) in [5, 5.41) is 13.4. The largest absolute Gasteiger partial charge is 0.426 e. The number of halogens is 1.